The predicted molar refractivity (Wildman–Crippen MR) is 81.8 cm³/mol. The van der Waals surface area contributed by atoms with Crippen molar-refractivity contribution < 1.29 is 4.92 Å². The fraction of sp³-hybridized carbons (Fsp3) is 0.312. The van der Waals surface area contributed by atoms with Crippen LogP contribution in [0.25, 0.3) is 0 Å². The van der Waals surface area contributed by atoms with Crippen molar-refractivity contribution in [1.29, 1.82) is 0 Å². The standard InChI is InChI=1S/C16H19N3O2/c1-2-5-16(18-12-13-6-4-9-17-11-13)14-7-3-8-15(10-14)19(20)21/h3-4,6-11,16,18H,2,5,12H2,1H3. The normalized spacial score (nSPS) is 12.0. The van der Waals surface area contributed by atoms with Crippen molar-refractivity contribution in [2.24, 2.45) is 0 Å². The van der Waals surface area contributed by atoms with Gasteiger partial charge in [0.1, 0.15) is 0 Å². The highest BCUT2D eigenvalue weighted by Crippen LogP contribution is 2.23. The molecule has 0 saturated carbocycles. The van der Waals surface area contributed by atoms with E-state index in [4.69, 9.17) is 0 Å². The first-order chi connectivity index (χ1) is 10.2. The predicted octanol–water partition coefficient (Wildman–Crippen LogP) is 3.62. The van der Waals surface area contributed by atoms with Gasteiger partial charge in [0, 0.05) is 37.1 Å². The van der Waals surface area contributed by atoms with Crippen LogP contribution < -0.4 is 5.32 Å². The molecule has 1 aromatic carbocycles. The van der Waals surface area contributed by atoms with E-state index in [0.717, 1.165) is 24.0 Å². The topological polar surface area (TPSA) is 68.1 Å². The molecule has 0 amide bonds. The number of nitrogens with zero attached hydrogens (tertiary/aromatic N) is 2. The van der Waals surface area contributed by atoms with Gasteiger partial charge < -0.3 is 5.32 Å². The molecule has 0 bridgehead atoms. The molecule has 110 valence electrons. The molecule has 0 aliphatic heterocycles. The number of non-ortho nitro benzene ring substituents is 1. The van der Waals surface area contributed by atoms with Crippen LogP contribution in [0.5, 0.6) is 0 Å². The van der Waals surface area contributed by atoms with Crippen LogP contribution >= 0.6 is 0 Å². The van der Waals surface area contributed by atoms with Crippen LogP contribution in [-0.2, 0) is 6.54 Å². The van der Waals surface area contributed by atoms with Gasteiger partial charge in [0.15, 0.2) is 0 Å². The van der Waals surface area contributed by atoms with Crippen molar-refractivity contribution >= 4 is 5.69 Å². The third-order valence-electron chi connectivity index (χ3n) is 3.34. The van der Waals surface area contributed by atoms with Gasteiger partial charge in [-0.15, -0.1) is 0 Å². The van der Waals surface area contributed by atoms with Gasteiger partial charge in [-0.3, -0.25) is 15.1 Å². The maximum atomic E-state index is 10.9. The van der Waals surface area contributed by atoms with E-state index in [2.05, 4.69) is 17.2 Å². The fourth-order valence-corrected chi connectivity index (χ4v) is 2.27. The Morgan fingerprint density at radius 3 is 2.86 bits per heavy atom. The first-order valence-corrected chi connectivity index (χ1v) is 7.07. The molecular weight excluding hydrogens is 266 g/mol. The Bertz CT molecular complexity index is 587. The second-order valence-corrected chi connectivity index (χ2v) is 4.94. The number of rotatable bonds is 7. The summed E-state index contributed by atoms with van der Waals surface area (Å²) in [7, 11) is 0. The molecule has 21 heavy (non-hydrogen) atoms. The molecule has 1 unspecified atom stereocenters. The van der Waals surface area contributed by atoms with Crippen molar-refractivity contribution in [3.63, 3.8) is 0 Å². The summed E-state index contributed by atoms with van der Waals surface area (Å²) in [5.41, 5.74) is 2.19. The van der Waals surface area contributed by atoms with Crippen molar-refractivity contribution in [2.45, 2.75) is 32.4 Å². The summed E-state index contributed by atoms with van der Waals surface area (Å²) in [4.78, 5) is 14.6. The Balaban J connectivity index is 2.11. The molecule has 5 nitrogen and oxygen atoms in total. The molecule has 0 aliphatic rings. The van der Waals surface area contributed by atoms with E-state index < -0.39 is 0 Å². The first kappa shape index (κ1) is 15.1. The Hall–Kier alpha value is -2.27. The number of pyridine rings is 1. The molecule has 2 rings (SSSR count). The summed E-state index contributed by atoms with van der Waals surface area (Å²) >= 11 is 0. The van der Waals surface area contributed by atoms with E-state index in [0.29, 0.717) is 6.54 Å². The van der Waals surface area contributed by atoms with Crippen molar-refractivity contribution in [1.82, 2.24) is 10.3 Å². The third kappa shape index (κ3) is 4.36. The second-order valence-electron chi connectivity index (χ2n) is 4.94. The van der Waals surface area contributed by atoms with E-state index in [1.165, 1.54) is 6.07 Å². The zero-order valence-electron chi connectivity index (χ0n) is 12.0. The maximum Gasteiger partial charge on any atom is 0.269 e. The highest BCUT2D eigenvalue weighted by atomic mass is 16.6. The lowest BCUT2D eigenvalue weighted by Gasteiger charge is -2.18. The molecule has 1 heterocycles. The van der Waals surface area contributed by atoms with Gasteiger partial charge in [-0.25, -0.2) is 0 Å². The van der Waals surface area contributed by atoms with Gasteiger partial charge in [0.2, 0.25) is 0 Å². The minimum atomic E-state index is -0.354. The van der Waals surface area contributed by atoms with E-state index in [-0.39, 0.29) is 16.7 Å². The van der Waals surface area contributed by atoms with Crippen molar-refractivity contribution in [3.05, 3.63) is 70.0 Å². The summed E-state index contributed by atoms with van der Waals surface area (Å²) < 4.78 is 0. The second kappa shape index (κ2) is 7.50. The smallest absolute Gasteiger partial charge is 0.269 e. The molecule has 0 spiro atoms. The maximum absolute atomic E-state index is 10.9. The quantitative estimate of drug-likeness (QED) is 0.623. The molecule has 0 fully saturated rings. The third-order valence-corrected chi connectivity index (χ3v) is 3.34. The van der Waals surface area contributed by atoms with Crippen LogP contribution in [-0.4, -0.2) is 9.91 Å². The average Bonchev–Trinajstić information content (AvgIpc) is 2.52. The summed E-state index contributed by atoms with van der Waals surface area (Å²) in [5, 5.41) is 14.3. The summed E-state index contributed by atoms with van der Waals surface area (Å²) in [6.45, 7) is 2.80. The Kier molecular flexibility index (Phi) is 5.40. The highest BCUT2D eigenvalue weighted by molar-refractivity contribution is 5.35. The summed E-state index contributed by atoms with van der Waals surface area (Å²) in [6, 6.07) is 10.9. The van der Waals surface area contributed by atoms with E-state index in [1.807, 2.05) is 24.4 Å². The Morgan fingerprint density at radius 2 is 2.19 bits per heavy atom. The lowest BCUT2D eigenvalue weighted by Crippen LogP contribution is -2.21. The number of aromatic nitrogens is 1. The zero-order valence-corrected chi connectivity index (χ0v) is 12.0. The van der Waals surface area contributed by atoms with Crippen LogP contribution in [0.3, 0.4) is 0 Å². The van der Waals surface area contributed by atoms with Crippen molar-refractivity contribution in [3.8, 4) is 0 Å². The lowest BCUT2D eigenvalue weighted by molar-refractivity contribution is -0.384. The molecule has 1 atom stereocenters. The van der Waals surface area contributed by atoms with Crippen LogP contribution in [0.4, 0.5) is 5.69 Å². The van der Waals surface area contributed by atoms with Gasteiger partial charge in [0.25, 0.3) is 5.69 Å². The van der Waals surface area contributed by atoms with Gasteiger partial charge in [0.05, 0.1) is 4.92 Å². The number of nitro benzene ring substituents is 1. The van der Waals surface area contributed by atoms with Gasteiger partial charge in [-0.05, 0) is 23.6 Å². The van der Waals surface area contributed by atoms with Gasteiger partial charge in [-0.1, -0.05) is 31.5 Å². The zero-order chi connectivity index (χ0) is 15.1. The van der Waals surface area contributed by atoms with Gasteiger partial charge >= 0.3 is 0 Å². The average molecular weight is 285 g/mol. The Labute approximate surface area is 124 Å². The summed E-state index contributed by atoms with van der Waals surface area (Å²) in [5.74, 6) is 0. The lowest BCUT2D eigenvalue weighted by atomic mass is 10.0. The molecule has 2 aromatic rings. The molecule has 5 heteroatoms. The van der Waals surface area contributed by atoms with E-state index in [9.17, 15) is 10.1 Å². The highest BCUT2D eigenvalue weighted by Gasteiger charge is 2.13. The number of nitrogens with one attached hydrogen (secondary N) is 1. The monoisotopic (exact) mass is 285 g/mol. The minimum Gasteiger partial charge on any atom is -0.306 e. The summed E-state index contributed by atoms with van der Waals surface area (Å²) in [6.07, 6.45) is 5.51. The largest absolute Gasteiger partial charge is 0.306 e. The minimum absolute atomic E-state index is 0.107. The number of hydrogen-bond donors (Lipinski definition) is 1. The fourth-order valence-electron chi connectivity index (χ4n) is 2.27. The molecule has 0 radical (unpaired) electrons. The number of nitro groups is 1. The molecule has 1 aromatic heterocycles. The van der Waals surface area contributed by atoms with Crippen LogP contribution in [0, 0.1) is 10.1 Å². The number of hydrogen-bond acceptors (Lipinski definition) is 4. The van der Waals surface area contributed by atoms with E-state index >= 15 is 0 Å². The van der Waals surface area contributed by atoms with Gasteiger partial charge in [-0.2, -0.15) is 0 Å². The van der Waals surface area contributed by atoms with Crippen LogP contribution in [0.1, 0.15) is 36.9 Å². The van der Waals surface area contributed by atoms with Crippen LogP contribution in [0.15, 0.2) is 48.8 Å². The molecule has 1 N–H and O–H groups in total. The van der Waals surface area contributed by atoms with Crippen LogP contribution in [0.2, 0.25) is 0 Å². The molecular formula is C16H19N3O2. The van der Waals surface area contributed by atoms with Crippen molar-refractivity contribution in [2.75, 3.05) is 0 Å². The molecule has 0 saturated heterocycles. The van der Waals surface area contributed by atoms with E-state index in [1.54, 1.807) is 18.3 Å². The first-order valence-electron chi connectivity index (χ1n) is 7.07. The molecule has 0 aliphatic carbocycles. The SMILES string of the molecule is CCCC(NCc1cccnc1)c1cccc([N+](=O)[O-])c1. The number of benzene rings is 1. The Morgan fingerprint density at radius 1 is 1.33 bits per heavy atom.